The molecule has 1 heterocycles. The number of hydrogen-bond acceptors (Lipinski definition) is 5. The van der Waals surface area contributed by atoms with Crippen LogP contribution in [0.25, 0.3) is 16.9 Å². The van der Waals surface area contributed by atoms with Crippen molar-refractivity contribution in [3.05, 3.63) is 54.2 Å². The molecule has 0 saturated carbocycles. The molecule has 3 aromatic rings. The minimum absolute atomic E-state index is 0.197. The molecule has 1 aromatic heterocycles. The molecule has 0 spiro atoms. The monoisotopic (exact) mass is 311 g/mol. The van der Waals surface area contributed by atoms with Gasteiger partial charge in [-0.25, -0.2) is 9.48 Å². The maximum atomic E-state index is 11.1. The number of aromatic hydroxyl groups is 1. The lowest BCUT2D eigenvalue weighted by Crippen LogP contribution is -2.01. The summed E-state index contributed by atoms with van der Waals surface area (Å²) in [6.45, 7) is 0. The van der Waals surface area contributed by atoms with Gasteiger partial charge in [0.05, 0.1) is 19.0 Å². The summed E-state index contributed by atoms with van der Waals surface area (Å²) < 4.78 is 6.73. The number of ether oxygens (including phenoxy) is 1. The maximum absolute atomic E-state index is 11.1. The van der Waals surface area contributed by atoms with Gasteiger partial charge in [0.15, 0.2) is 0 Å². The summed E-state index contributed by atoms with van der Waals surface area (Å²) in [5.41, 5.74) is 1.65. The number of para-hydroxylation sites is 1. The predicted octanol–water partition coefficient (Wildman–Crippen LogP) is 2.35. The lowest BCUT2D eigenvalue weighted by molar-refractivity contribution is 0.0693. The third-order valence-corrected chi connectivity index (χ3v) is 3.35. The Morgan fingerprint density at radius 3 is 2.74 bits per heavy atom. The standard InChI is InChI=1S/C16H13N3O4/c1-23-15-5-3-2-4-11(15)13-9-19(18-17-13)10-6-7-14(20)12(8-10)16(21)22/h2-9,20H,1H3,(H,21,22). The van der Waals surface area contributed by atoms with Crippen molar-refractivity contribution in [1.82, 2.24) is 15.0 Å². The maximum Gasteiger partial charge on any atom is 0.339 e. The van der Waals surface area contributed by atoms with Crippen molar-refractivity contribution in [3.8, 4) is 28.4 Å². The van der Waals surface area contributed by atoms with Crippen LogP contribution in [0, 0.1) is 0 Å². The molecule has 2 aromatic carbocycles. The number of carbonyl (C=O) groups is 1. The van der Waals surface area contributed by atoms with Gasteiger partial charge in [0.25, 0.3) is 0 Å². The van der Waals surface area contributed by atoms with Crippen LogP contribution in [0.2, 0.25) is 0 Å². The zero-order chi connectivity index (χ0) is 16.4. The van der Waals surface area contributed by atoms with Gasteiger partial charge in [0.2, 0.25) is 0 Å². The topological polar surface area (TPSA) is 97.5 Å². The van der Waals surface area contributed by atoms with Crippen LogP contribution in [0.15, 0.2) is 48.7 Å². The second kappa shape index (κ2) is 5.80. The van der Waals surface area contributed by atoms with E-state index in [1.807, 2.05) is 24.3 Å². The smallest absolute Gasteiger partial charge is 0.339 e. The first kappa shape index (κ1) is 14.6. The van der Waals surface area contributed by atoms with Gasteiger partial charge < -0.3 is 14.9 Å². The Kier molecular flexibility index (Phi) is 3.68. The second-order valence-electron chi connectivity index (χ2n) is 4.76. The van der Waals surface area contributed by atoms with Crippen LogP contribution < -0.4 is 4.74 Å². The van der Waals surface area contributed by atoms with E-state index in [0.29, 0.717) is 17.1 Å². The molecule has 3 rings (SSSR count). The van der Waals surface area contributed by atoms with Gasteiger partial charge in [-0.2, -0.15) is 0 Å². The van der Waals surface area contributed by atoms with E-state index in [0.717, 1.165) is 5.56 Å². The highest BCUT2D eigenvalue weighted by atomic mass is 16.5. The van der Waals surface area contributed by atoms with Crippen molar-refractivity contribution in [1.29, 1.82) is 0 Å². The van der Waals surface area contributed by atoms with E-state index in [2.05, 4.69) is 10.3 Å². The highest BCUT2D eigenvalue weighted by Gasteiger charge is 2.13. The van der Waals surface area contributed by atoms with Crippen LogP contribution in [-0.4, -0.2) is 38.3 Å². The molecule has 23 heavy (non-hydrogen) atoms. The molecule has 0 unspecified atom stereocenters. The van der Waals surface area contributed by atoms with Crippen molar-refractivity contribution in [3.63, 3.8) is 0 Å². The van der Waals surface area contributed by atoms with E-state index in [-0.39, 0.29) is 11.3 Å². The number of nitrogens with zero attached hydrogens (tertiary/aromatic N) is 3. The Hall–Kier alpha value is -3.35. The quantitative estimate of drug-likeness (QED) is 0.767. The van der Waals surface area contributed by atoms with Gasteiger partial charge in [-0.3, -0.25) is 0 Å². The fourth-order valence-electron chi connectivity index (χ4n) is 2.21. The zero-order valence-corrected chi connectivity index (χ0v) is 12.2. The van der Waals surface area contributed by atoms with E-state index in [9.17, 15) is 9.90 Å². The number of carboxylic acid groups (broad SMARTS) is 1. The summed E-state index contributed by atoms with van der Waals surface area (Å²) in [6.07, 6.45) is 1.66. The molecular weight excluding hydrogens is 298 g/mol. The summed E-state index contributed by atoms with van der Waals surface area (Å²) in [7, 11) is 1.57. The number of aromatic nitrogens is 3. The molecule has 0 fully saturated rings. The van der Waals surface area contributed by atoms with E-state index in [4.69, 9.17) is 9.84 Å². The normalized spacial score (nSPS) is 10.5. The summed E-state index contributed by atoms with van der Waals surface area (Å²) in [5.74, 6) is -0.850. The Balaban J connectivity index is 2.03. The molecule has 7 heteroatoms. The minimum Gasteiger partial charge on any atom is -0.507 e. The largest absolute Gasteiger partial charge is 0.507 e. The van der Waals surface area contributed by atoms with Crippen LogP contribution in [0.1, 0.15) is 10.4 Å². The van der Waals surface area contributed by atoms with Gasteiger partial charge in [0.1, 0.15) is 22.8 Å². The third-order valence-electron chi connectivity index (χ3n) is 3.35. The van der Waals surface area contributed by atoms with Gasteiger partial charge in [-0.15, -0.1) is 5.10 Å². The Labute approximate surface area is 131 Å². The van der Waals surface area contributed by atoms with Crippen molar-refractivity contribution in [2.75, 3.05) is 7.11 Å². The van der Waals surface area contributed by atoms with Crippen molar-refractivity contribution in [2.24, 2.45) is 0 Å². The van der Waals surface area contributed by atoms with E-state index < -0.39 is 5.97 Å². The fraction of sp³-hybridized carbons (Fsp3) is 0.0625. The van der Waals surface area contributed by atoms with Crippen molar-refractivity contribution in [2.45, 2.75) is 0 Å². The molecule has 0 amide bonds. The summed E-state index contributed by atoms with van der Waals surface area (Å²) >= 11 is 0. The average molecular weight is 311 g/mol. The van der Waals surface area contributed by atoms with Crippen LogP contribution in [0.5, 0.6) is 11.5 Å². The molecule has 0 bridgehead atoms. The molecule has 116 valence electrons. The van der Waals surface area contributed by atoms with Gasteiger partial charge in [-0.05, 0) is 30.3 Å². The molecule has 2 N–H and O–H groups in total. The van der Waals surface area contributed by atoms with E-state index >= 15 is 0 Å². The first-order valence-corrected chi connectivity index (χ1v) is 6.72. The van der Waals surface area contributed by atoms with E-state index in [1.165, 1.54) is 16.8 Å². The number of phenols is 1. The Morgan fingerprint density at radius 2 is 2.00 bits per heavy atom. The van der Waals surface area contributed by atoms with Crippen molar-refractivity contribution < 1.29 is 19.7 Å². The van der Waals surface area contributed by atoms with Gasteiger partial charge in [0, 0.05) is 5.56 Å². The first-order chi connectivity index (χ1) is 11.1. The molecule has 0 radical (unpaired) electrons. The highest BCUT2D eigenvalue weighted by Crippen LogP contribution is 2.28. The lowest BCUT2D eigenvalue weighted by atomic mass is 10.1. The Bertz CT molecular complexity index is 873. The van der Waals surface area contributed by atoms with Crippen LogP contribution >= 0.6 is 0 Å². The van der Waals surface area contributed by atoms with Crippen LogP contribution in [0.3, 0.4) is 0 Å². The predicted molar refractivity (Wildman–Crippen MR) is 82.0 cm³/mol. The second-order valence-corrected chi connectivity index (χ2v) is 4.76. The average Bonchev–Trinajstić information content (AvgIpc) is 3.04. The molecule has 0 atom stereocenters. The molecule has 0 aliphatic heterocycles. The third kappa shape index (κ3) is 2.71. The summed E-state index contributed by atoms with van der Waals surface area (Å²) in [4.78, 5) is 11.1. The number of carboxylic acids is 1. The molecular formula is C16H13N3O4. The SMILES string of the molecule is COc1ccccc1-c1cn(-c2ccc(O)c(C(=O)O)c2)nn1. The molecule has 7 nitrogen and oxygen atoms in total. The van der Waals surface area contributed by atoms with Gasteiger partial charge in [-0.1, -0.05) is 17.3 Å². The van der Waals surface area contributed by atoms with Crippen LogP contribution in [0.4, 0.5) is 0 Å². The zero-order valence-electron chi connectivity index (χ0n) is 12.2. The summed E-state index contributed by atoms with van der Waals surface area (Å²) in [6, 6.07) is 11.6. The van der Waals surface area contributed by atoms with E-state index in [1.54, 1.807) is 19.4 Å². The lowest BCUT2D eigenvalue weighted by Gasteiger charge is -2.05. The molecule has 0 aliphatic rings. The first-order valence-electron chi connectivity index (χ1n) is 6.72. The number of aromatic carboxylic acids is 1. The number of rotatable bonds is 4. The molecule has 0 aliphatic carbocycles. The fourth-order valence-corrected chi connectivity index (χ4v) is 2.21. The Morgan fingerprint density at radius 1 is 1.22 bits per heavy atom. The van der Waals surface area contributed by atoms with Gasteiger partial charge >= 0.3 is 5.97 Å². The molecule has 0 saturated heterocycles. The minimum atomic E-state index is -1.21. The highest BCUT2D eigenvalue weighted by molar-refractivity contribution is 5.91. The summed E-state index contributed by atoms with van der Waals surface area (Å²) in [5, 5.41) is 26.7. The number of benzene rings is 2. The number of hydrogen-bond donors (Lipinski definition) is 2. The number of methoxy groups -OCH3 is 1. The van der Waals surface area contributed by atoms with Crippen molar-refractivity contribution >= 4 is 5.97 Å². The van der Waals surface area contributed by atoms with Crippen LogP contribution in [-0.2, 0) is 0 Å².